The van der Waals surface area contributed by atoms with Crippen LogP contribution in [-0.4, -0.2) is 6.72 Å². The van der Waals surface area contributed by atoms with E-state index in [9.17, 15) is 0 Å². The summed E-state index contributed by atoms with van der Waals surface area (Å²) in [5.41, 5.74) is 13.0. The van der Waals surface area contributed by atoms with E-state index in [4.69, 9.17) is 0 Å². The van der Waals surface area contributed by atoms with E-state index in [2.05, 4.69) is 145 Å². The Morgan fingerprint density at radius 1 is 0.630 bits per heavy atom. The highest BCUT2D eigenvalue weighted by molar-refractivity contribution is 6.16. The van der Waals surface area contributed by atoms with Gasteiger partial charge in [-0.25, -0.2) is 0 Å². The van der Waals surface area contributed by atoms with Gasteiger partial charge in [-0.05, 0) is 131 Å². The van der Waals surface area contributed by atoms with Gasteiger partial charge in [0.25, 0.3) is 0 Å². The molecule has 3 aliphatic carbocycles. The van der Waals surface area contributed by atoms with E-state index in [0.29, 0.717) is 5.92 Å². The van der Waals surface area contributed by atoms with Crippen molar-refractivity contribution in [3.63, 3.8) is 0 Å². The van der Waals surface area contributed by atoms with Crippen molar-refractivity contribution in [2.45, 2.75) is 39.0 Å². The molecule has 0 heterocycles. The zero-order valence-corrected chi connectivity index (χ0v) is 26.4. The van der Waals surface area contributed by atoms with Crippen LogP contribution in [0.15, 0.2) is 155 Å². The molecule has 5 aromatic rings. The van der Waals surface area contributed by atoms with Gasteiger partial charge in [0.15, 0.2) is 0 Å². The summed E-state index contributed by atoms with van der Waals surface area (Å²) < 4.78 is 0. The van der Waals surface area contributed by atoms with Gasteiger partial charge in [-0.15, -0.1) is 0 Å². The Morgan fingerprint density at radius 3 is 1.91 bits per heavy atom. The largest absolute Gasteiger partial charge is 0.312 e. The minimum absolute atomic E-state index is 0.470. The lowest BCUT2D eigenvalue weighted by Crippen LogP contribution is -2.22. The summed E-state index contributed by atoms with van der Waals surface area (Å²) in [6.45, 7) is 6.11. The lowest BCUT2D eigenvalue weighted by Gasteiger charge is -2.35. The molecule has 3 aliphatic rings. The molecule has 8 rings (SSSR count). The van der Waals surface area contributed by atoms with Gasteiger partial charge in [0.05, 0.1) is 11.4 Å². The SMILES string of the molecule is C=Nc1ccccc1N(C1=CC=C2C=C(c3c4ccccc4c(C4=CC=C(C)CC4)c4ccccc34)CCC2C1)c1ccccc1. The Bertz CT molecular complexity index is 2100. The maximum atomic E-state index is 4.38. The van der Waals surface area contributed by atoms with Crippen LogP contribution in [0.25, 0.3) is 32.7 Å². The Hall–Kier alpha value is -5.21. The fourth-order valence-corrected chi connectivity index (χ4v) is 7.76. The van der Waals surface area contributed by atoms with Gasteiger partial charge in [-0.2, -0.15) is 0 Å². The molecule has 2 heteroatoms. The number of anilines is 2. The molecular weight excluding hydrogens is 556 g/mol. The molecule has 1 unspecified atom stereocenters. The van der Waals surface area contributed by atoms with Crippen molar-refractivity contribution in [2.75, 3.05) is 4.90 Å². The fourth-order valence-electron chi connectivity index (χ4n) is 7.76. The molecule has 46 heavy (non-hydrogen) atoms. The second-order valence-corrected chi connectivity index (χ2v) is 12.8. The lowest BCUT2D eigenvalue weighted by molar-refractivity contribution is 0.553. The summed E-state index contributed by atoms with van der Waals surface area (Å²) in [7, 11) is 0. The summed E-state index contributed by atoms with van der Waals surface area (Å²) in [4.78, 5) is 6.74. The molecule has 0 saturated heterocycles. The zero-order valence-electron chi connectivity index (χ0n) is 26.4. The Labute approximate surface area is 272 Å². The molecule has 224 valence electrons. The number of fused-ring (bicyclic) bond motifs is 3. The molecule has 0 radical (unpaired) electrons. The second kappa shape index (κ2) is 11.9. The summed E-state index contributed by atoms with van der Waals surface area (Å²) in [6, 6.07) is 37.1. The van der Waals surface area contributed by atoms with Gasteiger partial charge in [0.1, 0.15) is 0 Å². The molecule has 0 N–H and O–H groups in total. The van der Waals surface area contributed by atoms with Crippen LogP contribution in [0.4, 0.5) is 17.1 Å². The van der Waals surface area contributed by atoms with E-state index in [1.807, 2.05) is 12.1 Å². The number of hydrogen-bond donors (Lipinski definition) is 0. The highest BCUT2D eigenvalue weighted by Gasteiger charge is 2.29. The number of rotatable bonds is 6. The van der Waals surface area contributed by atoms with Gasteiger partial charge in [0, 0.05) is 11.4 Å². The van der Waals surface area contributed by atoms with E-state index in [1.165, 1.54) is 60.7 Å². The van der Waals surface area contributed by atoms with Gasteiger partial charge in [-0.1, -0.05) is 109 Å². The number of para-hydroxylation sites is 3. The third-order valence-corrected chi connectivity index (χ3v) is 10.0. The van der Waals surface area contributed by atoms with E-state index >= 15 is 0 Å². The highest BCUT2D eigenvalue weighted by Crippen LogP contribution is 2.48. The third-order valence-electron chi connectivity index (χ3n) is 10.0. The maximum Gasteiger partial charge on any atom is 0.0862 e. The molecule has 0 saturated carbocycles. The number of allylic oxidation sites excluding steroid dienone is 10. The average molecular weight is 595 g/mol. The zero-order chi connectivity index (χ0) is 31.0. The van der Waals surface area contributed by atoms with Crippen LogP contribution in [0.3, 0.4) is 0 Å². The molecule has 2 nitrogen and oxygen atoms in total. The van der Waals surface area contributed by atoms with E-state index in [0.717, 1.165) is 49.2 Å². The second-order valence-electron chi connectivity index (χ2n) is 12.8. The Balaban J connectivity index is 1.26. The summed E-state index contributed by atoms with van der Waals surface area (Å²) in [5.74, 6) is 0.470. The molecule has 0 spiro atoms. The lowest BCUT2D eigenvalue weighted by atomic mass is 9.76. The normalized spacial score (nSPS) is 17.8. The third kappa shape index (κ3) is 4.95. The first-order valence-corrected chi connectivity index (χ1v) is 16.5. The van der Waals surface area contributed by atoms with Gasteiger partial charge < -0.3 is 4.90 Å². The van der Waals surface area contributed by atoms with Gasteiger partial charge in [0.2, 0.25) is 0 Å². The first-order valence-electron chi connectivity index (χ1n) is 16.5. The summed E-state index contributed by atoms with van der Waals surface area (Å²) in [6.07, 6.45) is 17.2. The Kier molecular flexibility index (Phi) is 7.34. The van der Waals surface area contributed by atoms with Crippen molar-refractivity contribution in [1.29, 1.82) is 0 Å². The first-order chi connectivity index (χ1) is 22.7. The van der Waals surface area contributed by atoms with Gasteiger partial charge >= 0.3 is 0 Å². The monoisotopic (exact) mass is 594 g/mol. The van der Waals surface area contributed by atoms with Crippen LogP contribution in [-0.2, 0) is 0 Å². The van der Waals surface area contributed by atoms with Crippen LogP contribution in [0.2, 0.25) is 0 Å². The molecule has 0 amide bonds. The van der Waals surface area contributed by atoms with Crippen LogP contribution in [0.1, 0.15) is 50.2 Å². The smallest absolute Gasteiger partial charge is 0.0862 e. The van der Waals surface area contributed by atoms with Crippen LogP contribution < -0.4 is 4.90 Å². The fraction of sp³-hybridized carbons (Fsp3) is 0.159. The van der Waals surface area contributed by atoms with Crippen molar-refractivity contribution in [2.24, 2.45) is 10.9 Å². The summed E-state index contributed by atoms with van der Waals surface area (Å²) in [5, 5.41) is 5.46. The Morgan fingerprint density at radius 2 is 1.26 bits per heavy atom. The first kappa shape index (κ1) is 28.3. The van der Waals surface area contributed by atoms with Crippen molar-refractivity contribution >= 4 is 56.5 Å². The van der Waals surface area contributed by atoms with Crippen molar-refractivity contribution in [1.82, 2.24) is 0 Å². The number of nitrogens with zero attached hydrogens (tertiary/aromatic N) is 2. The number of benzene rings is 5. The van der Waals surface area contributed by atoms with Crippen molar-refractivity contribution < 1.29 is 0 Å². The molecule has 0 fully saturated rings. The predicted octanol–water partition coefficient (Wildman–Crippen LogP) is 12.3. The highest BCUT2D eigenvalue weighted by atomic mass is 15.2. The molecule has 0 aromatic heterocycles. The maximum absolute atomic E-state index is 4.38. The molecule has 0 bridgehead atoms. The number of aliphatic imine (C=N–C) groups is 1. The van der Waals surface area contributed by atoms with E-state index < -0.39 is 0 Å². The van der Waals surface area contributed by atoms with Crippen molar-refractivity contribution in [3.8, 4) is 0 Å². The summed E-state index contributed by atoms with van der Waals surface area (Å²) >= 11 is 0. The van der Waals surface area contributed by atoms with E-state index in [1.54, 1.807) is 0 Å². The molecular formula is C44H38N2. The quantitative estimate of drug-likeness (QED) is 0.141. The van der Waals surface area contributed by atoms with Crippen LogP contribution in [0, 0.1) is 5.92 Å². The van der Waals surface area contributed by atoms with Gasteiger partial charge in [-0.3, -0.25) is 4.99 Å². The minimum Gasteiger partial charge on any atom is -0.312 e. The van der Waals surface area contributed by atoms with Crippen LogP contribution in [0.5, 0.6) is 0 Å². The number of hydrogen-bond acceptors (Lipinski definition) is 2. The topological polar surface area (TPSA) is 15.6 Å². The molecule has 1 atom stereocenters. The standard InChI is InChI=1S/C44H38N2/c1-30-20-22-31(23-21-30)43-37-14-6-8-16-39(37)44(40-17-9-7-15-38(40)43)34-25-24-33-29-36(27-26-32(33)28-34)46(35-12-4-3-5-13-35)42-19-11-10-18-41(42)45-2/h3-20,22,26-28,33H,2,21,23-25,29H2,1H3. The predicted molar refractivity (Wildman–Crippen MR) is 198 cm³/mol. The molecule has 0 aliphatic heterocycles. The van der Waals surface area contributed by atoms with Crippen molar-refractivity contribution in [3.05, 3.63) is 161 Å². The molecule has 5 aromatic carbocycles. The minimum atomic E-state index is 0.470. The van der Waals surface area contributed by atoms with Crippen LogP contribution >= 0.6 is 0 Å². The van der Waals surface area contributed by atoms with E-state index in [-0.39, 0.29) is 0 Å². The average Bonchev–Trinajstić information content (AvgIpc) is 3.11.